The van der Waals surface area contributed by atoms with Crippen molar-refractivity contribution < 1.29 is 9.90 Å². The van der Waals surface area contributed by atoms with Crippen LogP contribution in [0.3, 0.4) is 0 Å². The minimum atomic E-state index is -0.782. The Morgan fingerprint density at radius 3 is 2.72 bits per heavy atom. The molecule has 1 N–H and O–H groups in total. The zero-order valence-electron chi connectivity index (χ0n) is 11.1. The highest BCUT2D eigenvalue weighted by Gasteiger charge is 2.34. The Kier molecular flexibility index (Phi) is 3.80. The molecular formula is C13H21N3O2. The molecule has 1 saturated carbocycles. The number of carbonyl (C=O) groups is 1. The third-order valence-corrected chi connectivity index (χ3v) is 3.46. The standard InChI is InChI=1S/C13H21N3O2/c1-10(2)8-16-12(14-9-15-16)7-13(18)5-3-11(17)4-6-13/h9-10,18H,3-8H2,1-2H3. The summed E-state index contributed by atoms with van der Waals surface area (Å²) in [7, 11) is 0. The molecule has 0 aromatic carbocycles. The van der Waals surface area contributed by atoms with Gasteiger partial charge in [0.2, 0.25) is 0 Å². The van der Waals surface area contributed by atoms with E-state index < -0.39 is 5.60 Å². The first-order chi connectivity index (χ1) is 8.48. The first kappa shape index (κ1) is 13.2. The fourth-order valence-corrected chi connectivity index (χ4v) is 2.39. The topological polar surface area (TPSA) is 68.0 Å². The normalized spacial score (nSPS) is 19.4. The molecule has 0 radical (unpaired) electrons. The van der Waals surface area contributed by atoms with E-state index in [9.17, 15) is 9.90 Å². The molecule has 0 saturated heterocycles. The van der Waals surface area contributed by atoms with Gasteiger partial charge < -0.3 is 5.11 Å². The van der Waals surface area contributed by atoms with Gasteiger partial charge >= 0.3 is 0 Å². The van der Waals surface area contributed by atoms with Crippen molar-refractivity contribution in [3.05, 3.63) is 12.2 Å². The molecule has 1 aromatic rings. The molecule has 100 valence electrons. The van der Waals surface area contributed by atoms with Crippen LogP contribution in [-0.4, -0.2) is 31.3 Å². The summed E-state index contributed by atoms with van der Waals surface area (Å²) in [5.74, 6) is 1.57. The summed E-state index contributed by atoms with van der Waals surface area (Å²) < 4.78 is 1.86. The van der Waals surface area contributed by atoms with Gasteiger partial charge in [0.15, 0.2) is 0 Å². The average molecular weight is 251 g/mol. The number of Topliss-reactive ketones (excluding diaryl/α,β-unsaturated/α-hetero) is 1. The van der Waals surface area contributed by atoms with Gasteiger partial charge in [0.25, 0.3) is 0 Å². The first-order valence-corrected chi connectivity index (χ1v) is 6.59. The molecule has 0 spiro atoms. The number of hydrogen-bond donors (Lipinski definition) is 1. The first-order valence-electron chi connectivity index (χ1n) is 6.59. The fraction of sp³-hybridized carbons (Fsp3) is 0.769. The quantitative estimate of drug-likeness (QED) is 0.877. The van der Waals surface area contributed by atoms with Crippen molar-refractivity contribution in [1.82, 2.24) is 14.8 Å². The van der Waals surface area contributed by atoms with Crippen molar-refractivity contribution in [3.8, 4) is 0 Å². The molecular weight excluding hydrogens is 230 g/mol. The smallest absolute Gasteiger partial charge is 0.138 e. The highest BCUT2D eigenvalue weighted by molar-refractivity contribution is 5.79. The second-order valence-corrected chi connectivity index (χ2v) is 5.69. The van der Waals surface area contributed by atoms with Gasteiger partial charge in [-0.15, -0.1) is 0 Å². The monoisotopic (exact) mass is 251 g/mol. The molecule has 2 rings (SSSR count). The maximum absolute atomic E-state index is 11.2. The number of aliphatic hydroxyl groups is 1. The molecule has 0 amide bonds. The van der Waals surface area contributed by atoms with Gasteiger partial charge in [0, 0.05) is 25.8 Å². The van der Waals surface area contributed by atoms with E-state index in [0.717, 1.165) is 12.4 Å². The van der Waals surface area contributed by atoms with Crippen LogP contribution in [0, 0.1) is 5.92 Å². The van der Waals surface area contributed by atoms with E-state index in [1.54, 1.807) is 0 Å². The average Bonchev–Trinajstić information content (AvgIpc) is 2.70. The molecule has 0 atom stereocenters. The highest BCUT2D eigenvalue weighted by Crippen LogP contribution is 2.29. The third-order valence-electron chi connectivity index (χ3n) is 3.46. The number of aromatic nitrogens is 3. The van der Waals surface area contributed by atoms with E-state index >= 15 is 0 Å². The zero-order chi connectivity index (χ0) is 13.2. The molecule has 18 heavy (non-hydrogen) atoms. The van der Waals surface area contributed by atoms with Crippen molar-refractivity contribution >= 4 is 5.78 Å². The Hall–Kier alpha value is -1.23. The van der Waals surface area contributed by atoms with Crippen LogP contribution < -0.4 is 0 Å². The minimum absolute atomic E-state index is 0.253. The van der Waals surface area contributed by atoms with Crippen LogP contribution in [0.15, 0.2) is 6.33 Å². The Labute approximate surface area is 107 Å². The Morgan fingerprint density at radius 2 is 2.11 bits per heavy atom. The van der Waals surface area contributed by atoms with Gasteiger partial charge in [-0.25, -0.2) is 9.67 Å². The van der Waals surface area contributed by atoms with Crippen LogP contribution in [0.5, 0.6) is 0 Å². The van der Waals surface area contributed by atoms with Gasteiger partial charge in [0.05, 0.1) is 5.60 Å². The largest absolute Gasteiger partial charge is 0.389 e. The molecule has 1 aliphatic rings. The maximum Gasteiger partial charge on any atom is 0.138 e. The summed E-state index contributed by atoms with van der Waals surface area (Å²) >= 11 is 0. The van der Waals surface area contributed by atoms with Crippen LogP contribution >= 0.6 is 0 Å². The van der Waals surface area contributed by atoms with E-state index in [1.165, 1.54) is 6.33 Å². The zero-order valence-corrected chi connectivity index (χ0v) is 11.1. The van der Waals surface area contributed by atoms with Crippen molar-refractivity contribution in [3.63, 3.8) is 0 Å². The van der Waals surface area contributed by atoms with Crippen LogP contribution in [0.1, 0.15) is 45.4 Å². The van der Waals surface area contributed by atoms with Crippen molar-refractivity contribution in [2.75, 3.05) is 0 Å². The van der Waals surface area contributed by atoms with Gasteiger partial charge in [-0.1, -0.05) is 13.8 Å². The van der Waals surface area contributed by atoms with Crippen LogP contribution in [0.2, 0.25) is 0 Å². The SMILES string of the molecule is CC(C)Cn1ncnc1CC1(O)CCC(=O)CC1. The summed E-state index contributed by atoms with van der Waals surface area (Å²) in [5, 5.41) is 14.7. The molecule has 1 heterocycles. The van der Waals surface area contributed by atoms with Gasteiger partial charge in [-0.3, -0.25) is 4.79 Å². The minimum Gasteiger partial charge on any atom is -0.389 e. The maximum atomic E-state index is 11.2. The lowest BCUT2D eigenvalue weighted by Crippen LogP contribution is -2.37. The van der Waals surface area contributed by atoms with E-state index in [2.05, 4.69) is 23.9 Å². The van der Waals surface area contributed by atoms with E-state index in [1.807, 2.05) is 4.68 Å². The molecule has 0 aliphatic heterocycles. The summed E-state index contributed by atoms with van der Waals surface area (Å²) in [6, 6.07) is 0. The summed E-state index contributed by atoms with van der Waals surface area (Å²) in [5.41, 5.74) is -0.782. The van der Waals surface area contributed by atoms with Crippen molar-refractivity contribution in [1.29, 1.82) is 0 Å². The van der Waals surface area contributed by atoms with Gasteiger partial charge in [-0.05, 0) is 18.8 Å². The molecule has 0 unspecified atom stereocenters. The fourth-order valence-electron chi connectivity index (χ4n) is 2.39. The predicted molar refractivity (Wildman–Crippen MR) is 67.0 cm³/mol. The Balaban J connectivity index is 2.04. The van der Waals surface area contributed by atoms with E-state index in [4.69, 9.17) is 0 Å². The molecule has 1 fully saturated rings. The highest BCUT2D eigenvalue weighted by atomic mass is 16.3. The lowest BCUT2D eigenvalue weighted by atomic mass is 9.82. The van der Waals surface area contributed by atoms with Gasteiger partial charge in [-0.2, -0.15) is 5.10 Å². The second kappa shape index (κ2) is 5.18. The summed E-state index contributed by atoms with van der Waals surface area (Å²) in [6.07, 6.45) is 4.08. The van der Waals surface area contributed by atoms with Crippen LogP contribution in [0.25, 0.3) is 0 Å². The summed E-state index contributed by atoms with van der Waals surface area (Å²) in [4.78, 5) is 15.5. The van der Waals surface area contributed by atoms with E-state index in [-0.39, 0.29) is 5.78 Å². The molecule has 5 heteroatoms. The lowest BCUT2D eigenvalue weighted by Gasteiger charge is -2.31. The Bertz CT molecular complexity index is 416. The summed E-state index contributed by atoms with van der Waals surface area (Å²) in [6.45, 7) is 5.06. The predicted octanol–water partition coefficient (Wildman–Crippen LogP) is 1.35. The van der Waals surface area contributed by atoms with Crippen molar-refractivity contribution in [2.24, 2.45) is 5.92 Å². The lowest BCUT2D eigenvalue weighted by molar-refractivity contribution is -0.125. The number of hydrogen-bond acceptors (Lipinski definition) is 4. The second-order valence-electron chi connectivity index (χ2n) is 5.69. The number of rotatable bonds is 4. The Morgan fingerprint density at radius 1 is 1.44 bits per heavy atom. The number of carbonyl (C=O) groups excluding carboxylic acids is 1. The van der Waals surface area contributed by atoms with Crippen molar-refractivity contribution in [2.45, 2.75) is 58.1 Å². The third kappa shape index (κ3) is 3.16. The van der Waals surface area contributed by atoms with Crippen LogP contribution in [-0.2, 0) is 17.8 Å². The molecule has 5 nitrogen and oxygen atoms in total. The molecule has 0 bridgehead atoms. The number of nitrogens with zero attached hydrogens (tertiary/aromatic N) is 3. The molecule has 1 aliphatic carbocycles. The van der Waals surface area contributed by atoms with Gasteiger partial charge in [0.1, 0.15) is 17.9 Å². The number of ketones is 1. The molecule has 1 aromatic heterocycles. The van der Waals surface area contributed by atoms with Crippen LogP contribution in [0.4, 0.5) is 0 Å². The van der Waals surface area contributed by atoms with E-state index in [0.29, 0.717) is 38.0 Å².